The van der Waals surface area contributed by atoms with E-state index in [9.17, 15) is 10.1 Å². The van der Waals surface area contributed by atoms with Crippen molar-refractivity contribution in [2.24, 2.45) is 0 Å². The normalized spacial score (nSPS) is 11.4. The van der Waals surface area contributed by atoms with Crippen molar-refractivity contribution in [3.63, 3.8) is 0 Å². The average Bonchev–Trinajstić information content (AvgIpc) is 3.34. The second-order valence-corrected chi connectivity index (χ2v) is 8.77. The van der Waals surface area contributed by atoms with Crippen LogP contribution in [0.4, 0.5) is 5.00 Å². The van der Waals surface area contributed by atoms with Gasteiger partial charge >= 0.3 is 5.00 Å². The van der Waals surface area contributed by atoms with E-state index in [-0.39, 0.29) is 5.00 Å². The lowest BCUT2D eigenvalue weighted by Crippen LogP contribution is -2.24. The van der Waals surface area contributed by atoms with E-state index in [1.165, 1.54) is 6.07 Å². The summed E-state index contributed by atoms with van der Waals surface area (Å²) in [5, 5.41) is 11.1. The van der Waals surface area contributed by atoms with Crippen LogP contribution in [-0.4, -0.2) is 33.4 Å². The van der Waals surface area contributed by atoms with Gasteiger partial charge in [0.05, 0.1) is 38.2 Å². The number of rotatable bonds is 10. The third kappa shape index (κ3) is 5.43. The molecule has 9 heteroatoms. The lowest BCUT2D eigenvalue weighted by molar-refractivity contribution is -0.380. The van der Waals surface area contributed by atoms with Crippen LogP contribution in [-0.2, 0) is 5.60 Å². The van der Waals surface area contributed by atoms with Crippen molar-refractivity contribution in [1.82, 2.24) is 0 Å². The molecule has 0 spiro atoms. The first kappa shape index (κ1) is 24.9. The summed E-state index contributed by atoms with van der Waals surface area (Å²) in [6.07, 6.45) is 3.85. The maximum atomic E-state index is 11.1. The molecule has 3 rings (SSSR count). The fraction of sp³-hybridized carbons (Fsp3) is 0.280. The summed E-state index contributed by atoms with van der Waals surface area (Å²) >= 11 is 1.09. The van der Waals surface area contributed by atoms with Crippen LogP contribution in [0.3, 0.4) is 0 Å². The molecule has 8 nitrogen and oxygen atoms in total. The first-order valence-corrected chi connectivity index (χ1v) is 11.1. The highest BCUT2D eigenvalue weighted by atomic mass is 32.1. The molecule has 0 aliphatic carbocycles. The Balaban J connectivity index is 1.90. The van der Waals surface area contributed by atoms with Crippen molar-refractivity contribution in [3.8, 4) is 28.7 Å². The molecule has 0 unspecified atom stereocenters. The van der Waals surface area contributed by atoms with E-state index in [0.717, 1.165) is 27.3 Å². The Morgan fingerprint density at radius 2 is 1.38 bits per heavy atom. The fourth-order valence-electron chi connectivity index (χ4n) is 3.34. The van der Waals surface area contributed by atoms with Crippen molar-refractivity contribution >= 4 is 28.5 Å². The van der Waals surface area contributed by atoms with Crippen LogP contribution in [0.5, 0.6) is 28.7 Å². The summed E-state index contributed by atoms with van der Waals surface area (Å²) in [7, 11) is 6.27. The Bertz CT molecular complexity index is 1170. The second kappa shape index (κ2) is 10.5. The highest BCUT2D eigenvalue weighted by molar-refractivity contribution is 7.15. The molecule has 0 atom stereocenters. The third-order valence-electron chi connectivity index (χ3n) is 5.07. The number of ether oxygens (including phenoxy) is 5. The van der Waals surface area contributed by atoms with Crippen molar-refractivity contribution in [1.29, 1.82) is 0 Å². The Kier molecular flexibility index (Phi) is 7.68. The van der Waals surface area contributed by atoms with Gasteiger partial charge in [0.2, 0.25) is 5.75 Å². The van der Waals surface area contributed by atoms with Gasteiger partial charge in [0.15, 0.2) is 23.0 Å². The van der Waals surface area contributed by atoms with Crippen LogP contribution in [0.25, 0.3) is 12.2 Å². The van der Waals surface area contributed by atoms with E-state index >= 15 is 0 Å². The molecule has 0 saturated carbocycles. The summed E-state index contributed by atoms with van der Waals surface area (Å²) in [6, 6.07) is 12.5. The van der Waals surface area contributed by atoms with E-state index < -0.39 is 10.5 Å². The Morgan fingerprint density at radius 3 is 1.91 bits per heavy atom. The molecular formula is C25H27NO7S. The quantitative estimate of drug-likeness (QED) is 0.193. The zero-order valence-electron chi connectivity index (χ0n) is 19.9. The minimum absolute atomic E-state index is 0.0701. The minimum atomic E-state index is -0.800. The molecule has 0 fully saturated rings. The van der Waals surface area contributed by atoms with Crippen LogP contribution in [0.2, 0.25) is 0 Å². The number of nitro groups is 1. The number of nitrogens with zero attached hydrogens (tertiary/aromatic N) is 1. The first-order chi connectivity index (χ1) is 16.2. The molecule has 0 amide bonds. The van der Waals surface area contributed by atoms with Gasteiger partial charge in [0.25, 0.3) is 0 Å². The molecule has 34 heavy (non-hydrogen) atoms. The molecule has 0 radical (unpaired) electrons. The SMILES string of the molecule is COc1ccc(/C=C\c2cc(OC)c(OC)c(OC)c2)cc1OC(C)(C)c1ccc([N+](=O)[O-])s1. The van der Waals surface area contributed by atoms with E-state index in [0.29, 0.717) is 28.7 Å². The topological polar surface area (TPSA) is 89.3 Å². The van der Waals surface area contributed by atoms with Gasteiger partial charge in [0.1, 0.15) is 5.60 Å². The zero-order valence-corrected chi connectivity index (χ0v) is 20.7. The minimum Gasteiger partial charge on any atom is -0.493 e. The third-order valence-corrected chi connectivity index (χ3v) is 6.42. The van der Waals surface area contributed by atoms with Crippen LogP contribution in [0.1, 0.15) is 29.9 Å². The van der Waals surface area contributed by atoms with E-state index in [2.05, 4.69) is 0 Å². The van der Waals surface area contributed by atoms with E-state index in [1.807, 2.05) is 56.3 Å². The molecule has 2 aromatic carbocycles. The number of hydrogen-bond donors (Lipinski definition) is 0. The average molecular weight is 486 g/mol. The summed E-state index contributed by atoms with van der Waals surface area (Å²) in [5.41, 5.74) is 0.933. The Labute approximate surface area is 202 Å². The van der Waals surface area contributed by atoms with Gasteiger partial charge in [-0.05, 0) is 55.3 Å². The van der Waals surface area contributed by atoms with Gasteiger partial charge in [-0.2, -0.15) is 0 Å². The Hall–Kier alpha value is -3.72. The lowest BCUT2D eigenvalue weighted by atomic mass is 10.1. The smallest absolute Gasteiger partial charge is 0.324 e. The monoisotopic (exact) mass is 485 g/mol. The van der Waals surface area contributed by atoms with Crippen LogP contribution < -0.4 is 23.7 Å². The van der Waals surface area contributed by atoms with Crippen molar-refractivity contribution in [2.75, 3.05) is 28.4 Å². The highest BCUT2D eigenvalue weighted by Crippen LogP contribution is 2.40. The van der Waals surface area contributed by atoms with Crippen molar-refractivity contribution < 1.29 is 28.6 Å². The fourth-order valence-corrected chi connectivity index (χ4v) is 4.20. The molecule has 0 saturated heterocycles. The maximum Gasteiger partial charge on any atom is 0.324 e. The summed E-state index contributed by atoms with van der Waals surface area (Å²) < 4.78 is 28.0. The van der Waals surface area contributed by atoms with Crippen LogP contribution >= 0.6 is 11.3 Å². The largest absolute Gasteiger partial charge is 0.493 e. The molecule has 0 aliphatic heterocycles. The van der Waals surface area contributed by atoms with Gasteiger partial charge in [-0.25, -0.2) is 0 Å². The molecule has 1 aromatic heterocycles. The number of hydrogen-bond acceptors (Lipinski definition) is 8. The number of methoxy groups -OCH3 is 4. The van der Waals surface area contributed by atoms with Gasteiger partial charge < -0.3 is 23.7 Å². The molecule has 0 bridgehead atoms. The number of thiophene rings is 1. The van der Waals surface area contributed by atoms with E-state index in [4.69, 9.17) is 23.7 Å². The Morgan fingerprint density at radius 1 is 0.794 bits per heavy atom. The highest BCUT2D eigenvalue weighted by Gasteiger charge is 2.28. The summed E-state index contributed by atoms with van der Waals surface area (Å²) in [5.74, 6) is 2.73. The first-order valence-electron chi connectivity index (χ1n) is 10.3. The van der Waals surface area contributed by atoms with E-state index in [1.54, 1.807) is 34.5 Å². The summed E-state index contributed by atoms with van der Waals surface area (Å²) in [4.78, 5) is 11.4. The molecule has 180 valence electrons. The van der Waals surface area contributed by atoms with Gasteiger partial charge in [-0.3, -0.25) is 10.1 Å². The molecule has 3 aromatic rings. The second-order valence-electron chi connectivity index (χ2n) is 7.71. The standard InChI is InChI=1S/C25H27NO7S/c1-25(2,22-11-12-23(34-22)26(27)28)33-19-13-16(9-10-18(19)29-3)7-8-17-14-20(30-4)24(32-6)21(15-17)31-5/h7-15H,1-6H3/b8-7-. The van der Waals surface area contributed by atoms with Crippen molar-refractivity contribution in [3.05, 3.63) is 68.6 Å². The molecule has 0 N–H and O–H groups in total. The molecule has 0 aliphatic rings. The molecule has 1 heterocycles. The van der Waals surface area contributed by atoms with Gasteiger partial charge in [-0.1, -0.05) is 29.6 Å². The van der Waals surface area contributed by atoms with Crippen molar-refractivity contribution in [2.45, 2.75) is 19.4 Å². The maximum absolute atomic E-state index is 11.1. The predicted octanol–water partition coefficient (Wildman–Crippen LogP) is 6.18. The predicted molar refractivity (Wildman–Crippen MR) is 133 cm³/mol. The lowest BCUT2D eigenvalue weighted by Gasteiger charge is -2.26. The van der Waals surface area contributed by atoms with Gasteiger partial charge in [-0.15, -0.1) is 0 Å². The van der Waals surface area contributed by atoms with Crippen LogP contribution in [0, 0.1) is 10.1 Å². The van der Waals surface area contributed by atoms with Crippen LogP contribution in [0.15, 0.2) is 42.5 Å². The molecular weight excluding hydrogens is 458 g/mol. The number of benzene rings is 2. The summed E-state index contributed by atoms with van der Waals surface area (Å²) in [6.45, 7) is 3.72. The van der Waals surface area contributed by atoms with Gasteiger partial charge in [0, 0.05) is 6.07 Å². The zero-order chi connectivity index (χ0) is 24.9.